The van der Waals surface area contributed by atoms with E-state index in [0.29, 0.717) is 62.4 Å². The number of benzene rings is 2. The number of carbonyl (C=O) groups is 2. The smallest absolute Gasteiger partial charge is 0.287 e. The number of hydrogen-bond acceptors (Lipinski definition) is 9. The molecular weight excluding hydrogens is 656 g/mol. The molecule has 0 aliphatic carbocycles. The first kappa shape index (κ1) is 37.7. The second kappa shape index (κ2) is 17.6. The molecule has 0 bridgehead atoms. The summed E-state index contributed by atoms with van der Waals surface area (Å²) in [4.78, 5) is 52.0. The summed E-state index contributed by atoms with van der Waals surface area (Å²) in [7, 11) is 0. The molecule has 2 saturated heterocycles. The van der Waals surface area contributed by atoms with E-state index in [2.05, 4.69) is 79.0 Å². The number of hydrogen-bond donors (Lipinski definition) is 1. The molecule has 2 fully saturated rings. The van der Waals surface area contributed by atoms with Gasteiger partial charge in [0.25, 0.3) is 5.69 Å². The molecule has 2 aliphatic rings. The van der Waals surface area contributed by atoms with Crippen LogP contribution in [0.4, 0.5) is 23.0 Å². The molecule has 2 aromatic heterocycles. The van der Waals surface area contributed by atoms with Gasteiger partial charge >= 0.3 is 0 Å². The quantitative estimate of drug-likeness (QED) is 0.172. The second-order valence-electron chi connectivity index (χ2n) is 14.0. The molecular formula is C40H50N8O4. The highest BCUT2D eigenvalue weighted by Gasteiger charge is 2.23. The molecule has 0 unspecified atom stereocenters. The van der Waals surface area contributed by atoms with Gasteiger partial charge in [0.1, 0.15) is 17.8 Å². The van der Waals surface area contributed by atoms with Crippen molar-refractivity contribution < 1.29 is 14.5 Å². The van der Waals surface area contributed by atoms with Crippen molar-refractivity contribution in [2.24, 2.45) is 0 Å². The maximum absolute atomic E-state index is 12.6. The minimum Gasteiger partial charge on any atom is -0.397 e. The summed E-state index contributed by atoms with van der Waals surface area (Å²) in [5.74, 6) is 2.95. The summed E-state index contributed by atoms with van der Waals surface area (Å²) in [5.41, 5.74) is 11.0. The number of nitrogens with zero attached hydrogens (tertiary/aromatic N) is 7. The minimum atomic E-state index is -0.457. The van der Waals surface area contributed by atoms with Crippen molar-refractivity contribution in [3.05, 3.63) is 118 Å². The lowest BCUT2D eigenvalue weighted by Gasteiger charge is -2.35. The first-order valence-corrected chi connectivity index (χ1v) is 18.0. The Morgan fingerprint density at radius 2 is 1.04 bits per heavy atom. The van der Waals surface area contributed by atoms with Gasteiger partial charge < -0.3 is 25.3 Å². The van der Waals surface area contributed by atoms with E-state index in [-0.39, 0.29) is 17.5 Å². The summed E-state index contributed by atoms with van der Waals surface area (Å²) in [6.45, 7) is 14.3. The molecule has 2 aromatic carbocycles. The number of nitrogen functional groups attached to an aromatic ring is 1. The van der Waals surface area contributed by atoms with Gasteiger partial charge in [0.05, 0.1) is 29.6 Å². The lowest BCUT2D eigenvalue weighted by molar-refractivity contribution is -0.385. The van der Waals surface area contributed by atoms with Crippen LogP contribution in [0, 0.1) is 10.1 Å². The molecule has 0 atom stereocenters. The van der Waals surface area contributed by atoms with Crippen molar-refractivity contribution in [3.8, 4) is 0 Å². The van der Waals surface area contributed by atoms with E-state index < -0.39 is 4.92 Å². The predicted molar refractivity (Wildman–Crippen MR) is 206 cm³/mol. The number of piperazine rings is 2. The molecule has 4 heterocycles. The van der Waals surface area contributed by atoms with Crippen LogP contribution in [0.2, 0.25) is 0 Å². The molecule has 12 nitrogen and oxygen atoms in total. The van der Waals surface area contributed by atoms with E-state index in [0.717, 1.165) is 43.1 Å². The van der Waals surface area contributed by atoms with Crippen molar-refractivity contribution in [2.45, 2.75) is 52.4 Å². The van der Waals surface area contributed by atoms with Crippen LogP contribution in [0.25, 0.3) is 0 Å². The number of aromatic nitrogens is 2. The summed E-state index contributed by atoms with van der Waals surface area (Å²) in [5, 5.41) is 10.7. The number of nitrogens with two attached hydrogens (primary N) is 1. The molecule has 12 heteroatoms. The minimum absolute atomic E-state index is 0.0175. The van der Waals surface area contributed by atoms with Crippen LogP contribution in [0.15, 0.2) is 85.2 Å². The van der Waals surface area contributed by atoms with Crippen molar-refractivity contribution in [1.82, 2.24) is 19.8 Å². The summed E-state index contributed by atoms with van der Waals surface area (Å²) < 4.78 is 0. The molecule has 0 spiro atoms. The fraction of sp³-hybridized carbons (Fsp3) is 0.400. The lowest BCUT2D eigenvalue weighted by Crippen LogP contribution is -2.49. The van der Waals surface area contributed by atoms with E-state index >= 15 is 0 Å². The second-order valence-corrected chi connectivity index (χ2v) is 14.0. The van der Waals surface area contributed by atoms with Crippen molar-refractivity contribution in [3.63, 3.8) is 0 Å². The van der Waals surface area contributed by atoms with Crippen LogP contribution in [-0.2, 0) is 22.4 Å². The number of pyridine rings is 2. The Morgan fingerprint density at radius 1 is 0.635 bits per heavy atom. The highest BCUT2D eigenvalue weighted by molar-refractivity contribution is 5.79. The summed E-state index contributed by atoms with van der Waals surface area (Å²) in [6, 6.07) is 23.5. The van der Waals surface area contributed by atoms with E-state index in [9.17, 15) is 19.7 Å². The van der Waals surface area contributed by atoms with Crippen molar-refractivity contribution in [2.75, 3.05) is 67.9 Å². The Hall–Kier alpha value is -5.52. The average molecular weight is 707 g/mol. The molecule has 6 rings (SSSR count). The predicted octanol–water partition coefficient (Wildman–Crippen LogP) is 5.68. The highest BCUT2D eigenvalue weighted by Crippen LogP contribution is 2.20. The molecule has 0 saturated carbocycles. The standard InChI is InChI=1S/C20H24N4O3.C20H26N4O/c1-15(2)17-5-3-16(4-6-17)13-20(25)23-11-9-22(10-12-23)19-8-7-18(14-21-19)24(26)27;1-15(2)17-5-3-16(4-6-17)13-20(25)24-11-9-23(10-12-24)19-8-7-18(21)14-22-19/h3-8,14-15H,9-13H2,1-2H3;3-8,14-15H,9-13,21H2,1-2H3. The largest absolute Gasteiger partial charge is 0.397 e. The average Bonchev–Trinajstić information content (AvgIpc) is 3.16. The van der Waals surface area contributed by atoms with Gasteiger partial charge in [0.2, 0.25) is 11.8 Å². The molecule has 52 heavy (non-hydrogen) atoms. The van der Waals surface area contributed by atoms with Crippen LogP contribution < -0.4 is 15.5 Å². The molecule has 0 radical (unpaired) electrons. The monoisotopic (exact) mass is 706 g/mol. The Bertz CT molecular complexity index is 1760. The zero-order valence-corrected chi connectivity index (χ0v) is 30.6. The molecule has 2 amide bonds. The first-order valence-electron chi connectivity index (χ1n) is 18.0. The maximum atomic E-state index is 12.6. The number of amides is 2. The van der Waals surface area contributed by atoms with E-state index in [1.165, 1.54) is 23.4 Å². The molecule has 274 valence electrons. The first-order chi connectivity index (χ1) is 25.0. The fourth-order valence-corrected chi connectivity index (χ4v) is 6.24. The Kier molecular flexibility index (Phi) is 12.8. The summed E-state index contributed by atoms with van der Waals surface area (Å²) in [6.07, 6.45) is 3.83. The van der Waals surface area contributed by atoms with Crippen LogP contribution in [0.5, 0.6) is 0 Å². The fourth-order valence-electron chi connectivity index (χ4n) is 6.24. The van der Waals surface area contributed by atoms with Crippen molar-refractivity contribution in [1.29, 1.82) is 0 Å². The highest BCUT2D eigenvalue weighted by atomic mass is 16.6. The molecule has 4 aromatic rings. The SMILES string of the molecule is CC(C)c1ccc(CC(=O)N2CCN(c3ccc(N)cn3)CC2)cc1.CC(C)c1ccc(CC(=O)N2CCN(c3ccc([N+](=O)[O-])cn3)CC2)cc1. The maximum Gasteiger partial charge on any atom is 0.287 e. The Morgan fingerprint density at radius 3 is 1.37 bits per heavy atom. The van der Waals surface area contributed by atoms with Gasteiger partial charge in [0, 0.05) is 58.4 Å². The van der Waals surface area contributed by atoms with Gasteiger partial charge in [-0.25, -0.2) is 9.97 Å². The van der Waals surface area contributed by atoms with Crippen LogP contribution in [0.1, 0.15) is 61.8 Å². The third-order valence-corrected chi connectivity index (χ3v) is 9.63. The number of nitro groups is 1. The third-order valence-electron chi connectivity index (χ3n) is 9.63. The van der Waals surface area contributed by atoms with Gasteiger partial charge in [-0.1, -0.05) is 76.2 Å². The third kappa shape index (κ3) is 10.3. The van der Waals surface area contributed by atoms with Crippen LogP contribution in [0.3, 0.4) is 0 Å². The molecule has 2 aliphatic heterocycles. The van der Waals surface area contributed by atoms with Crippen LogP contribution in [-0.4, -0.2) is 88.9 Å². The van der Waals surface area contributed by atoms with Crippen molar-refractivity contribution >= 4 is 34.8 Å². The van der Waals surface area contributed by atoms with Gasteiger partial charge in [-0.05, 0) is 52.3 Å². The van der Waals surface area contributed by atoms with E-state index in [4.69, 9.17) is 5.73 Å². The van der Waals surface area contributed by atoms with Gasteiger partial charge in [0.15, 0.2) is 0 Å². The summed E-state index contributed by atoms with van der Waals surface area (Å²) >= 11 is 0. The van der Waals surface area contributed by atoms with Gasteiger partial charge in [-0.3, -0.25) is 19.7 Å². The normalized spacial score (nSPS) is 14.7. The number of rotatable bonds is 9. The number of anilines is 3. The molecule has 2 N–H and O–H groups in total. The van der Waals surface area contributed by atoms with Crippen LogP contribution >= 0.6 is 0 Å². The van der Waals surface area contributed by atoms with E-state index in [1.807, 2.05) is 39.0 Å². The Labute approximate surface area is 306 Å². The zero-order chi connectivity index (χ0) is 37.2. The topological polar surface area (TPSA) is 142 Å². The van der Waals surface area contributed by atoms with Gasteiger partial charge in [-0.2, -0.15) is 0 Å². The zero-order valence-electron chi connectivity index (χ0n) is 30.6. The Balaban J connectivity index is 0.000000202. The van der Waals surface area contributed by atoms with Gasteiger partial charge in [-0.15, -0.1) is 0 Å². The number of carbonyl (C=O) groups excluding carboxylic acids is 2. The van der Waals surface area contributed by atoms with E-state index in [1.54, 1.807) is 12.3 Å². The lowest BCUT2D eigenvalue weighted by atomic mass is 10.0.